The van der Waals surface area contributed by atoms with Gasteiger partial charge in [0.05, 0.1) is 0 Å². The predicted octanol–water partition coefficient (Wildman–Crippen LogP) is 2.93. The Bertz CT molecular complexity index is 1070. The van der Waals surface area contributed by atoms with Crippen LogP contribution in [-0.2, 0) is 6.54 Å². The second-order valence-electron chi connectivity index (χ2n) is 7.29. The van der Waals surface area contributed by atoms with E-state index < -0.39 is 0 Å². The summed E-state index contributed by atoms with van der Waals surface area (Å²) in [5.41, 5.74) is 3.15. The maximum absolute atomic E-state index is 13.0. The number of halogens is 1. The molecule has 0 atom stereocenters. The van der Waals surface area contributed by atoms with Gasteiger partial charge in [0.25, 0.3) is 11.5 Å². The van der Waals surface area contributed by atoms with E-state index in [2.05, 4.69) is 16.0 Å². The highest BCUT2D eigenvalue weighted by atomic mass is 19.1. The van der Waals surface area contributed by atoms with Gasteiger partial charge in [0.2, 0.25) is 0 Å². The van der Waals surface area contributed by atoms with Crippen LogP contribution in [0.15, 0.2) is 53.3 Å². The predicted molar refractivity (Wildman–Crippen MR) is 107 cm³/mol. The molecule has 144 valence electrons. The van der Waals surface area contributed by atoms with Crippen LogP contribution < -0.4 is 5.56 Å². The van der Waals surface area contributed by atoms with Crippen molar-refractivity contribution in [2.45, 2.75) is 13.5 Å². The van der Waals surface area contributed by atoms with Gasteiger partial charge >= 0.3 is 0 Å². The molecule has 0 aliphatic carbocycles. The van der Waals surface area contributed by atoms with Crippen LogP contribution in [0.1, 0.15) is 21.5 Å². The summed E-state index contributed by atoms with van der Waals surface area (Å²) < 4.78 is 13.0. The number of aromatic nitrogens is 1. The van der Waals surface area contributed by atoms with E-state index in [1.807, 2.05) is 25.1 Å². The molecule has 1 amide bonds. The van der Waals surface area contributed by atoms with Crippen molar-refractivity contribution in [2.75, 3.05) is 26.2 Å². The summed E-state index contributed by atoms with van der Waals surface area (Å²) in [5.74, 6) is -0.434. The van der Waals surface area contributed by atoms with Crippen LogP contribution in [0.4, 0.5) is 4.39 Å². The van der Waals surface area contributed by atoms with Gasteiger partial charge in [0.1, 0.15) is 5.82 Å². The zero-order valence-electron chi connectivity index (χ0n) is 15.7. The van der Waals surface area contributed by atoms with E-state index in [0.717, 1.165) is 22.0 Å². The van der Waals surface area contributed by atoms with Crippen molar-refractivity contribution in [3.05, 3.63) is 81.4 Å². The Morgan fingerprint density at radius 3 is 2.46 bits per heavy atom. The number of piperazine rings is 1. The van der Waals surface area contributed by atoms with Gasteiger partial charge < -0.3 is 9.88 Å². The van der Waals surface area contributed by atoms with Crippen molar-refractivity contribution < 1.29 is 9.18 Å². The summed E-state index contributed by atoms with van der Waals surface area (Å²) in [7, 11) is 0. The summed E-state index contributed by atoms with van der Waals surface area (Å²) >= 11 is 0. The van der Waals surface area contributed by atoms with Crippen molar-refractivity contribution in [3.8, 4) is 0 Å². The first-order valence-corrected chi connectivity index (χ1v) is 9.39. The van der Waals surface area contributed by atoms with E-state index in [-0.39, 0.29) is 17.3 Å². The number of aryl methyl sites for hydroxylation is 1. The summed E-state index contributed by atoms with van der Waals surface area (Å²) in [6.07, 6.45) is 0. The molecule has 2 aromatic carbocycles. The summed E-state index contributed by atoms with van der Waals surface area (Å²) in [4.78, 5) is 31.8. The number of carbonyl (C=O) groups is 1. The second kappa shape index (κ2) is 7.56. The maximum atomic E-state index is 13.0. The molecule has 0 bridgehead atoms. The average molecular weight is 379 g/mol. The first-order valence-electron chi connectivity index (χ1n) is 9.39. The number of H-pyrrole nitrogens is 1. The van der Waals surface area contributed by atoms with Crippen molar-refractivity contribution in [3.63, 3.8) is 0 Å². The van der Waals surface area contributed by atoms with Gasteiger partial charge in [-0.3, -0.25) is 14.5 Å². The van der Waals surface area contributed by atoms with Crippen LogP contribution in [0, 0.1) is 12.7 Å². The van der Waals surface area contributed by atoms with Crippen molar-refractivity contribution in [2.24, 2.45) is 0 Å². The normalized spacial score (nSPS) is 15.1. The molecule has 1 N–H and O–H groups in total. The summed E-state index contributed by atoms with van der Waals surface area (Å²) in [5, 5.41) is 1.03. The fourth-order valence-electron chi connectivity index (χ4n) is 3.61. The first kappa shape index (κ1) is 18.4. The fourth-order valence-corrected chi connectivity index (χ4v) is 3.61. The van der Waals surface area contributed by atoms with Gasteiger partial charge in [-0.2, -0.15) is 0 Å². The minimum Gasteiger partial charge on any atom is -0.336 e. The lowest BCUT2D eigenvalue weighted by atomic mass is 10.1. The molecule has 1 fully saturated rings. The number of carbonyl (C=O) groups excluding carboxylic acids is 1. The highest BCUT2D eigenvalue weighted by Gasteiger charge is 2.22. The van der Waals surface area contributed by atoms with E-state index in [4.69, 9.17) is 0 Å². The minimum absolute atomic E-state index is 0.0684. The molecule has 6 heteroatoms. The van der Waals surface area contributed by atoms with Crippen LogP contribution in [0.25, 0.3) is 10.9 Å². The molecule has 28 heavy (non-hydrogen) atoms. The molecule has 0 radical (unpaired) electrons. The average Bonchev–Trinajstić information content (AvgIpc) is 2.69. The third-order valence-corrected chi connectivity index (χ3v) is 5.22. The molecule has 1 saturated heterocycles. The van der Waals surface area contributed by atoms with Crippen molar-refractivity contribution in [1.82, 2.24) is 14.8 Å². The smallest absolute Gasteiger partial charge is 0.253 e. The Kier molecular flexibility index (Phi) is 4.96. The molecule has 1 aliphatic rings. The van der Waals surface area contributed by atoms with Crippen LogP contribution in [0.3, 0.4) is 0 Å². The lowest BCUT2D eigenvalue weighted by molar-refractivity contribution is 0.0628. The number of benzene rings is 2. The number of pyridine rings is 1. The largest absolute Gasteiger partial charge is 0.336 e. The molecule has 0 saturated carbocycles. The molecule has 5 nitrogen and oxygen atoms in total. The Balaban J connectivity index is 1.42. The standard InChI is InChI=1S/C22H22FN3O2/c1-15-2-7-20-17(12-15)13-18(21(27)24-20)14-25-8-10-26(11-9-25)22(28)16-3-5-19(23)6-4-16/h2-7,12-13H,8-11,14H2,1H3,(H,24,27). The van der Waals surface area contributed by atoms with Crippen molar-refractivity contribution in [1.29, 1.82) is 0 Å². The quantitative estimate of drug-likeness (QED) is 0.761. The van der Waals surface area contributed by atoms with E-state index in [0.29, 0.717) is 38.3 Å². The van der Waals surface area contributed by atoms with Crippen molar-refractivity contribution >= 4 is 16.8 Å². The van der Waals surface area contributed by atoms with Gasteiger partial charge in [-0.1, -0.05) is 11.6 Å². The van der Waals surface area contributed by atoms with E-state index in [1.165, 1.54) is 24.3 Å². The molecule has 1 aromatic heterocycles. The third kappa shape index (κ3) is 3.82. The SMILES string of the molecule is Cc1ccc2[nH]c(=O)c(CN3CCN(C(=O)c4ccc(F)cc4)CC3)cc2c1. The van der Waals surface area contributed by atoms with Gasteiger partial charge in [0, 0.05) is 49.4 Å². The Labute approximate surface area is 162 Å². The minimum atomic E-state index is -0.350. The highest BCUT2D eigenvalue weighted by molar-refractivity contribution is 5.94. The van der Waals surface area contributed by atoms with E-state index >= 15 is 0 Å². The highest BCUT2D eigenvalue weighted by Crippen LogP contribution is 2.15. The number of fused-ring (bicyclic) bond motifs is 1. The third-order valence-electron chi connectivity index (χ3n) is 5.22. The Morgan fingerprint density at radius 1 is 1.04 bits per heavy atom. The van der Waals surface area contributed by atoms with E-state index in [1.54, 1.807) is 4.90 Å². The zero-order chi connectivity index (χ0) is 19.7. The molecule has 2 heterocycles. The maximum Gasteiger partial charge on any atom is 0.253 e. The zero-order valence-corrected chi connectivity index (χ0v) is 15.7. The summed E-state index contributed by atoms with van der Waals surface area (Å²) in [6, 6.07) is 13.6. The second-order valence-corrected chi connectivity index (χ2v) is 7.29. The van der Waals surface area contributed by atoms with Crippen LogP contribution in [0.5, 0.6) is 0 Å². The van der Waals surface area contributed by atoms with Crippen LogP contribution in [-0.4, -0.2) is 46.9 Å². The van der Waals surface area contributed by atoms with Crippen LogP contribution >= 0.6 is 0 Å². The number of rotatable bonds is 3. The molecule has 1 aliphatic heterocycles. The monoisotopic (exact) mass is 379 g/mol. The van der Waals surface area contributed by atoms with Gasteiger partial charge in [-0.05, 0) is 54.8 Å². The Morgan fingerprint density at radius 2 is 1.75 bits per heavy atom. The Hall–Kier alpha value is -2.99. The van der Waals surface area contributed by atoms with E-state index in [9.17, 15) is 14.0 Å². The molecule has 3 aromatic rings. The number of amides is 1. The number of hydrogen-bond acceptors (Lipinski definition) is 3. The molecule has 0 spiro atoms. The topological polar surface area (TPSA) is 56.4 Å². The molecular formula is C22H22FN3O2. The van der Waals surface area contributed by atoms with Gasteiger partial charge in [-0.25, -0.2) is 4.39 Å². The molecule has 0 unspecified atom stereocenters. The number of aromatic amines is 1. The lowest BCUT2D eigenvalue weighted by Crippen LogP contribution is -2.48. The first-order chi connectivity index (χ1) is 13.5. The number of hydrogen-bond donors (Lipinski definition) is 1. The lowest BCUT2D eigenvalue weighted by Gasteiger charge is -2.34. The fraction of sp³-hybridized carbons (Fsp3) is 0.273. The number of nitrogens with one attached hydrogen (secondary N) is 1. The molecule has 4 rings (SSSR count). The molecular weight excluding hydrogens is 357 g/mol. The van der Waals surface area contributed by atoms with Crippen LogP contribution in [0.2, 0.25) is 0 Å². The van der Waals surface area contributed by atoms with Gasteiger partial charge in [-0.15, -0.1) is 0 Å². The number of nitrogens with zero attached hydrogens (tertiary/aromatic N) is 2. The summed E-state index contributed by atoms with van der Waals surface area (Å²) in [6.45, 7) is 5.14. The van der Waals surface area contributed by atoms with Gasteiger partial charge in [0.15, 0.2) is 0 Å².